The van der Waals surface area contributed by atoms with Crippen molar-refractivity contribution in [2.45, 2.75) is 20.8 Å². The molecule has 0 aliphatic heterocycles. The fourth-order valence-electron chi connectivity index (χ4n) is 1.18. The minimum Gasteiger partial charge on any atom is -0.504 e. The first-order valence-corrected chi connectivity index (χ1v) is 5.80. The lowest BCUT2D eigenvalue weighted by atomic mass is 10.4. The molecule has 1 rings (SSSR count). The summed E-state index contributed by atoms with van der Waals surface area (Å²) in [5.74, 6) is -0.241. The zero-order valence-corrected chi connectivity index (χ0v) is 11.3. The number of aromatic hydroxyl groups is 1. The lowest BCUT2D eigenvalue weighted by molar-refractivity contribution is -0.114. The SMILES string of the molecule is CC(=O)Nc1ccncc1O.CCN(CC)C(=O)O. The van der Waals surface area contributed by atoms with Crippen LogP contribution in [0.4, 0.5) is 10.5 Å². The van der Waals surface area contributed by atoms with Crippen molar-refractivity contribution in [1.82, 2.24) is 9.88 Å². The Hall–Kier alpha value is -2.31. The van der Waals surface area contributed by atoms with Crippen molar-refractivity contribution in [2.24, 2.45) is 0 Å². The molecule has 106 valence electrons. The van der Waals surface area contributed by atoms with Crippen LogP contribution in [0.1, 0.15) is 20.8 Å². The van der Waals surface area contributed by atoms with Gasteiger partial charge in [0, 0.05) is 26.2 Å². The van der Waals surface area contributed by atoms with E-state index < -0.39 is 6.09 Å². The number of carbonyl (C=O) groups is 2. The standard InChI is InChI=1S/C7H8N2O2.C5H11NO2/c1-5(10)9-6-2-3-8-4-7(6)11;1-3-6(4-2)5(7)8/h2-4,11H,1H3,(H,8,9,10);3-4H2,1-2H3,(H,7,8). The lowest BCUT2D eigenvalue weighted by Crippen LogP contribution is -2.28. The Kier molecular flexibility index (Phi) is 7.67. The molecule has 0 bridgehead atoms. The summed E-state index contributed by atoms with van der Waals surface area (Å²) in [6.07, 6.45) is 1.92. The third-order valence-corrected chi connectivity index (χ3v) is 2.14. The number of aromatic nitrogens is 1. The van der Waals surface area contributed by atoms with Crippen LogP contribution >= 0.6 is 0 Å². The third kappa shape index (κ3) is 6.87. The van der Waals surface area contributed by atoms with Crippen molar-refractivity contribution in [3.05, 3.63) is 18.5 Å². The van der Waals surface area contributed by atoms with Crippen LogP contribution in [0.15, 0.2) is 18.5 Å². The van der Waals surface area contributed by atoms with Crippen LogP contribution in [0.3, 0.4) is 0 Å². The molecule has 0 saturated heterocycles. The van der Waals surface area contributed by atoms with Gasteiger partial charge in [0.1, 0.15) is 0 Å². The van der Waals surface area contributed by atoms with Crippen LogP contribution in [0.5, 0.6) is 5.75 Å². The maximum atomic E-state index is 10.5. The number of carboxylic acid groups (broad SMARTS) is 1. The van der Waals surface area contributed by atoms with E-state index in [0.29, 0.717) is 18.8 Å². The second kappa shape index (κ2) is 8.73. The van der Waals surface area contributed by atoms with Gasteiger partial charge in [0.2, 0.25) is 5.91 Å². The van der Waals surface area contributed by atoms with E-state index in [1.807, 2.05) is 13.8 Å². The number of rotatable bonds is 3. The molecule has 0 fully saturated rings. The molecule has 2 amide bonds. The van der Waals surface area contributed by atoms with Crippen molar-refractivity contribution in [2.75, 3.05) is 18.4 Å². The summed E-state index contributed by atoms with van der Waals surface area (Å²) in [6.45, 7) is 6.16. The largest absolute Gasteiger partial charge is 0.504 e. The number of pyridine rings is 1. The van der Waals surface area contributed by atoms with E-state index in [4.69, 9.17) is 10.2 Å². The van der Waals surface area contributed by atoms with E-state index in [9.17, 15) is 9.59 Å². The molecule has 0 aromatic carbocycles. The number of carbonyl (C=O) groups excluding carboxylic acids is 1. The monoisotopic (exact) mass is 269 g/mol. The molecule has 0 aliphatic carbocycles. The summed E-state index contributed by atoms with van der Waals surface area (Å²) >= 11 is 0. The molecule has 1 aromatic heterocycles. The summed E-state index contributed by atoms with van der Waals surface area (Å²) in [5.41, 5.74) is 0.382. The molecule has 7 heteroatoms. The zero-order chi connectivity index (χ0) is 14.8. The van der Waals surface area contributed by atoms with Gasteiger partial charge in [-0.1, -0.05) is 0 Å². The van der Waals surface area contributed by atoms with Gasteiger partial charge >= 0.3 is 6.09 Å². The van der Waals surface area contributed by atoms with Crippen LogP contribution in [-0.4, -0.2) is 45.2 Å². The topological polar surface area (TPSA) is 103 Å². The van der Waals surface area contributed by atoms with Gasteiger partial charge < -0.3 is 20.4 Å². The Bertz CT molecular complexity index is 419. The van der Waals surface area contributed by atoms with Crippen molar-refractivity contribution in [3.63, 3.8) is 0 Å². The minimum absolute atomic E-state index is 0.0253. The van der Waals surface area contributed by atoms with Gasteiger partial charge in [-0.2, -0.15) is 0 Å². The quantitative estimate of drug-likeness (QED) is 0.775. The highest BCUT2D eigenvalue weighted by atomic mass is 16.4. The molecule has 0 radical (unpaired) electrons. The van der Waals surface area contributed by atoms with Crippen LogP contribution < -0.4 is 5.32 Å². The smallest absolute Gasteiger partial charge is 0.407 e. The number of anilines is 1. The maximum Gasteiger partial charge on any atom is 0.407 e. The summed E-state index contributed by atoms with van der Waals surface area (Å²) in [4.78, 5) is 25.6. The molecule has 0 saturated carbocycles. The predicted octanol–water partition coefficient (Wildman–Crippen LogP) is 1.75. The van der Waals surface area contributed by atoms with E-state index in [1.165, 1.54) is 30.3 Å². The van der Waals surface area contributed by atoms with E-state index in [2.05, 4.69) is 10.3 Å². The van der Waals surface area contributed by atoms with Crippen molar-refractivity contribution >= 4 is 17.7 Å². The van der Waals surface area contributed by atoms with Gasteiger partial charge in [0.25, 0.3) is 0 Å². The Morgan fingerprint density at radius 2 is 1.95 bits per heavy atom. The van der Waals surface area contributed by atoms with Crippen LogP contribution in [0.2, 0.25) is 0 Å². The molecule has 7 nitrogen and oxygen atoms in total. The van der Waals surface area contributed by atoms with Gasteiger partial charge in [0.15, 0.2) is 5.75 Å². The highest BCUT2D eigenvalue weighted by molar-refractivity contribution is 5.90. The highest BCUT2D eigenvalue weighted by Gasteiger charge is 2.03. The molecule has 0 unspecified atom stereocenters. The summed E-state index contributed by atoms with van der Waals surface area (Å²) in [6, 6.07) is 1.52. The van der Waals surface area contributed by atoms with Gasteiger partial charge in [0.05, 0.1) is 11.9 Å². The molecule has 1 aromatic rings. The number of nitrogens with one attached hydrogen (secondary N) is 1. The fourth-order valence-corrected chi connectivity index (χ4v) is 1.18. The van der Waals surface area contributed by atoms with E-state index >= 15 is 0 Å². The number of nitrogens with zero attached hydrogens (tertiary/aromatic N) is 2. The predicted molar refractivity (Wildman–Crippen MR) is 71.2 cm³/mol. The second-order valence-electron chi connectivity index (χ2n) is 3.53. The second-order valence-corrected chi connectivity index (χ2v) is 3.53. The van der Waals surface area contributed by atoms with Crippen molar-refractivity contribution < 1.29 is 19.8 Å². The first kappa shape index (κ1) is 16.7. The Morgan fingerprint density at radius 1 is 1.37 bits per heavy atom. The number of hydrogen-bond donors (Lipinski definition) is 3. The maximum absolute atomic E-state index is 10.5. The average molecular weight is 269 g/mol. The van der Waals surface area contributed by atoms with E-state index in [1.54, 1.807) is 0 Å². The fraction of sp³-hybridized carbons (Fsp3) is 0.417. The minimum atomic E-state index is -0.838. The first-order valence-electron chi connectivity index (χ1n) is 5.80. The Balaban J connectivity index is 0.000000362. The van der Waals surface area contributed by atoms with Gasteiger partial charge in [-0.05, 0) is 19.9 Å². The molecule has 3 N–H and O–H groups in total. The number of hydrogen-bond acceptors (Lipinski definition) is 4. The summed E-state index contributed by atoms with van der Waals surface area (Å²) in [5, 5.41) is 19.8. The summed E-state index contributed by atoms with van der Waals surface area (Å²) in [7, 11) is 0. The Morgan fingerprint density at radius 3 is 2.26 bits per heavy atom. The van der Waals surface area contributed by atoms with Gasteiger partial charge in [-0.3, -0.25) is 9.78 Å². The first-order chi connectivity index (χ1) is 8.92. The van der Waals surface area contributed by atoms with E-state index in [0.717, 1.165) is 0 Å². The summed E-state index contributed by atoms with van der Waals surface area (Å²) < 4.78 is 0. The lowest BCUT2D eigenvalue weighted by Gasteiger charge is -2.12. The van der Waals surface area contributed by atoms with Gasteiger partial charge in [-0.25, -0.2) is 4.79 Å². The van der Waals surface area contributed by atoms with Crippen LogP contribution in [0, 0.1) is 0 Å². The molecular formula is C12H19N3O4. The normalized spacial score (nSPS) is 9.00. The van der Waals surface area contributed by atoms with Crippen LogP contribution in [0.25, 0.3) is 0 Å². The molecule has 0 aliphatic rings. The highest BCUT2D eigenvalue weighted by Crippen LogP contribution is 2.19. The van der Waals surface area contributed by atoms with Crippen molar-refractivity contribution in [1.29, 1.82) is 0 Å². The van der Waals surface area contributed by atoms with Crippen LogP contribution in [-0.2, 0) is 4.79 Å². The average Bonchev–Trinajstić information content (AvgIpc) is 2.33. The molecule has 1 heterocycles. The van der Waals surface area contributed by atoms with E-state index in [-0.39, 0.29) is 11.7 Å². The molecular weight excluding hydrogens is 250 g/mol. The Labute approximate surface area is 111 Å². The van der Waals surface area contributed by atoms with Crippen molar-refractivity contribution in [3.8, 4) is 5.75 Å². The third-order valence-electron chi connectivity index (χ3n) is 2.14. The van der Waals surface area contributed by atoms with Gasteiger partial charge in [-0.15, -0.1) is 0 Å². The molecule has 0 spiro atoms. The molecule has 0 atom stereocenters. The molecule has 19 heavy (non-hydrogen) atoms. The zero-order valence-electron chi connectivity index (χ0n) is 11.3. The number of amides is 2.